The maximum atomic E-state index is 12.6. The lowest BCUT2D eigenvalue weighted by atomic mass is 10.2. The summed E-state index contributed by atoms with van der Waals surface area (Å²) in [4.78, 5) is 30.9. The number of carbonyl (C=O) groups is 1. The average molecular weight is 476 g/mol. The molecule has 0 unspecified atom stereocenters. The monoisotopic (exact) mass is 475 g/mol. The number of morpholine rings is 1. The Hall–Kier alpha value is -4.02. The van der Waals surface area contributed by atoms with E-state index in [0.717, 1.165) is 49.4 Å². The van der Waals surface area contributed by atoms with Crippen LogP contribution in [-0.4, -0.2) is 79.0 Å². The molecule has 1 aromatic carbocycles. The van der Waals surface area contributed by atoms with Gasteiger partial charge in [0, 0.05) is 55.0 Å². The van der Waals surface area contributed by atoms with Gasteiger partial charge in [-0.05, 0) is 37.0 Å². The molecule has 1 fully saturated rings. The summed E-state index contributed by atoms with van der Waals surface area (Å²) in [6.07, 6.45) is 3.28. The molecule has 1 aliphatic rings. The fourth-order valence-electron chi connectivity index (χ4n) is 3.68. The lowest BCUT2D eigenvalue weighted by Gasteiger charge is -2.26. The highest BCUT2D eigenvalue weighted by atomic mass is 16.5. The summed E-state index contributed by atoms with van der Waals surface area (Å²) < 4.78 is 10.4. The third kappa shape index (κ3) is 6.31. The minimum atomic E-state index is -0.131. The number of allylic oxidation sites excluding steroid dienone is 1. The van der Waals surface area contributed by atoms with Crippen molar-refractivity contribution in [3.63, 3.8) is 0 Å². The van der Waals surface area contributed by atoms with Crippen molar-refractivity contribution in [1.29, 1.82) is 0 Å². The van der Waals surface area contributed by atoms with Gasteiger partial charge in [-0.25, -0.2) is 9.97 Å². The number of amides is 1. The number of aromatic nitrogens is 3. The van der Waals surface area contributed by atoms with E-state index in [0.29, 0.717) is 35.3 Å². The fourth-order valence-corrected chi connectivity index (χ4v) is 3.68. The lowest BCUT2D eigenvalue weighted by Crippen LogP contribution is -2.41. The molecule has 35 heavy (non-hydrogen) atoms. The second-order valence-corrected chi connectivity index (χ2v) is 7.94. The first-order valence-electron chi connectivity index (χ1n) is 11.3. The first kappa shape index (κ1) is 24.1. The smallest absolute Gasteiger partial charge is 0.267 e. The van der Waals surface area contributed by atoms with Crippen molar-refractivity contribution in [3.8, 4) is 0 Å². The van der Waals surface area contributed by atoms with Crippen molar-refractivity contribution >= 4 is 40.9 Å². The number of carbonyl (C=O) groups excluding carboxylic acids is 1. The van der Waals surface area contributed by atoms with Gasteiger partial charge < -0.3 is 25.1 Å². The van der Waals surface area contributed by atoms with E-state index >= 15 is 0 Å². The summed E-state index contributed by atoms with van der Waals surface area (Å²) in [5, 5.41) is 7.07. The molecule has 0 atom stereocenters. The van der Waals surface area contributed by atoms with Gasteiger partial charge >= 0.3 is 0 Å². The molecule has 182 valence electrons. The Morgan fingerprint density at radius 2 is 2.14 bits per heavy atom. The number of anilines is 2. The van der Waals surface area contributed by atoms with Gasteiger partial charge in [0.1, 0.15) is 11.5 Å². The quantitative estimate of drug-likeness (QED) is 0.234. The molecule has 1 amide bonds. The van der Waals surface area contributed by atoms with Crippen molar-refractivity contribution in [2.45, 2.75) is 0 Å². The van der Waals surface area contributed by atoms with Gasteiger partial charge in [0.15, 0.2) is 0 Å². The van der Waals surface area contributed by atoms with E-state index in [9.17, 15) is 4.79 Å². The highest BCUT2D eigenvalue weighted by Gasteiger charge is 2.13. The van der Waals surface area contributed by atoms with Crippen LogP contribution in [0.1, 0.15) is 16.2 Å². The lowest BCUT2D eigenvalue weighted by molar-refractivity contribution is 0.0383. The van der Waals surface area contributed by atoms with Gasteiger partial charge in [-0.1, -0.05) is 6.58 Å². The molecule has 3 aromatic rings. The van der Waals surface area contributed by atoms with E-state index in [4.69, 9.17) is 9.47 Å². The molecule has 2 aromatic heterocycles. The number of aliphatic imine (C=N–C) groups is 1. The maximum Gasteiger partial charge on any atom is 0.267 e. The number of ether oxygens (including phenoxy) is 2. The van der Waals surface area contributed by atoms with Gasteiger partial charge in [-0.3, -0.25) is 14.7 Å². The Bertz CT molecular complexity index is 1240. The van der Waals surface area contributed by atoms with E-state index in [-0.39, 0.29) is 5.91 Å². The number of methoxy groups -OCH3 is 1. The van der Waals surface area contributed by atoms with Crippen LogP contribution in [0, 0.1) is 0 Å². The van der Waals surface area contributed by atoms with Crippen LogP contribution >= 0.6 is 0 Å². The van der Waals surface area contributed by atoms with Gasteiger partial charge in [0.25, 0.3) is 5.91 Å². The Labute approximate surface area is 203 Å². The Morgan fingerprint density at radius 3 is 2.91 bits per heavy atom. The number of hydrogen-bond acceptors (Lipinski definition) is 8. The third-order valence-corrected chi connectivity index (χ3v) is 5.59. The van der Waals surface area contributed by atoms with Crippen LogP contribution in [0.5, 0.6) is 0 Å². The molecule has 1 aliphatic heterocycles. The van der Waals surface area contributed by atoms with Crippen molar-refractivity contribution < 1.29 is 14.3 Å². The summed E-state index contributed by atoms with van der Waals surface area (Å²) in [5.41, 5.74) is 3.26. The number of nitrogens with one attached hydrogen (secondary N) is 3. The molecule has 3 heterocycles. The van der Waals surface area contributed by atoms with Gasteiger partial charge in [-0.15, -0.1) is 0 Å². The van der Waals surface area contributed by atoms with Crippen LogP contribution in [0.2, 0.25) is 0 Å². The number of benzene rings is 1. The standard InChI is InChI=1S/C25H29N7O3/c1-17(34-3)14-22(26-2)21-6-7-28-25(31-21)29-19-4-5-20-18(15-19)16-23(30-20)24(33)27-8-9-32-10-12-35-13-11-32/h4-7,14-16,30H,1-2,8-13H2,3H3,(H,27,33)(H,28,29,31)/b22-14-. The number of H-pyrrole nitrogens is 1. The molecule has 10 heteroatoms. The predicted molar refractivity (Wildman–Crippen MR) is 137 cm³/mol. The molecule has 0 aliphatic carbocycles. The zero-order chi connectivity index (χ0) is 24.6. The van der Waals surface area contributed by atoms with E-state index < -0.39 is 0 Å². The fraction of sp³-hybridized carbons (Fsp3) is 0.280. The first-order valence-corrected chi connectivity index (χ1v) is 11.3. The molecule has 0 bridgehead atoms. The predicted octanol–water partition coefficient (Wildman–Crippen LogP) is 2.97. The molecule has 1 saturated heterocycles. The van der Waals surface area contributed by atoms with Gasteiger partial charge in [0.2, 0.25) is 5.95 Å². The minimum Gasteiger partial charge on any atom is -0.497 e. The van der Waals surface area contributed by atoms with Crippen molar-refractivity contribution in [2.75, 3.05) is 51.8 Å². The van der Waals surface area contributed by atoms with Crippen LogP contribution in [0.4, 0.5) is 11.6 Å². The minimum absolute atomic E-state index is 0.131. The van der Waals surface area contributed by atoms with E-state index in [1.165, 1.54) is 7.11 Å². The van der Waals surface area contributed by atoms with Crippen molar-refractivity contribution in [2.24, 2.45) is 4.99 Å². The second kappa shape index (κ2) is 11.4. The Kier molecular flexibility index (Phi) is 7.86. The Morgan fingerprint density at radius 1 is 1.31 bits per heavy atom. The van der Waals surface area contributed by atoms with Crippen molar-refractivity contribution in [1.82, 2.24) is 25.2 Å². The third-order valence-electron chi connectivity index (χ3n) is 5.59. The summed E-state index contributed by atoms with van der Waals surface area (Å²) in [6, 6.07) is 9.30. The van der Waals surface area contributed by atoms with Gasteiger partial charge in [0.05, 0.1) is 31.7 Å². The normalized spacial score (nSPS) is 14.5. The SMILES string of the molecule is C=N/C(=C\C(=C)OC)c1ccnc(Nc2ccc3[nH]c(C(=O)NCCN4CCOCC4)cc3c2)n1. The van der Waals surface area contributed by atoms with Crippen LogP contribution in [0.15, 0.2) is 59.9 Å². The molecule has 4 rings (SSSR count). The largest absolute Gasteiger partial charge is 0.497 e. The summed E-state index contributed by atoms with van der Waals surface area (Å²) >= 11 is 0. The van der Waals surface area contributed by atoms with Crippen LogP contribution < -0.4 is 10.6 Å². The highest BCUT2D eigenvalue weighted by molar-refractivity contribution is 5.98. The van der Waals surface area contributed by atoms with E-state index in [1.54, 1.807) is 18.3 Å². The van der Waals surface area contributed by atoms with E-state index in [1.807, 2.05) is 24.3 Å². The van der Waals surface area contributed by atoms with E-state index in [2.05, 4.69) is 48.8 Å². The van der Waals surface area contributed by atoms with Gasteiger partial charge in [-0.2, -0.15) is 0 Å². The summed E-state index contributed by atoms with van der Waals surface area (Å²) in [6.45, 7) is 12.0. The summed E-state index contributed by atoms with van der Waals surface area (Å²) in [7, 11) is 1.53. The maximum absolute atomic E-state index is 12.6. The number of fused-ring (bicyclic) bond motifs is 1. The number of hydrogen-bond donors (Lipinski definition) is 3. The summed E-state index contributed by atoms with van der Waals surface area (Å²) in [5.74, 6) is 0.712. The zero-order valence-electron chi connectivity index (χ0n) is 19.7. The van der Waals surface area contributed by atoms with Crippen LogP contribution in [0.3, 0.4) is 0 Å². The molecule has 0 saturated carbocycles. The molecule has 10 nitrogen and oxygen atoms in total. The number of nitrogens with zero attached hydrogens (tertiary/aromatic N) is 4. The second-order valence-electron chi connectivity index (χ2n) is 7.94. The number of aromatic amines is 1. The first-order chi connectivity index (χ1) is 17.1. The zero-order valence-corrected chi connectivity index (χ0v) is 19.7. The Balaban J connectivity index is 1.42. The number of rotatable bonds is 10. The molecule has 3 N–H and O–H groups in total. The topological polar surface area (TPSA) is 117 Å². The molecular formula is C25H29N7O3. The molecule has 0 spiro atoms. The van der Waals surface area contributed by atoms with Crippen LogP contribution in [0.25, 0.3) is 16.6 Å². The van der Waals surface area contributed by atoms with Crippen molar-refractivity contribution in [3.05, 3.63) is 66.3 Å². The highest BCUT2D eigenvalue weighted by Crippen LogP contribution is 2.23. The average Bonchev–Trinajstić information content (AvgIpc) is 3.31. The molecule has 0 radical (unpaired) electrons. The molecular weight excluding hydrogens is 446 g/mol. The van der Waals surface area contributed by atoms with Crippen LogP contribution in [-0.2, 0) is 9.47 Å².